The van der Waals surface area contributed by atoms with Crippen LogP contribution in [0.1, 0.15) is 37.8 Å². The lowest BCUT2D eigenvalue weighted by Gasteiger charge is -2.34. The number of H-pyrrole nitrogens is 1. The van der Waals surface area contributed by atoms with Gasteiger partial charge in [0.05, 0.1) is 11.8 Å². The molecule has 3 aliphatic rings. The zero-order valence-corrected chi connectivity index (χ0v) is 34.3. The highest BCUT2D eigenvalue weighted by Crippen LogP contribution is 2.35. The molecule has 0 spiro atoms. The summed E-state index contributed by atoms with van der Waals surface area (Å²) in [5.74, 6) is 0.416. The molecule has 3 aliphatic heterocycles. The highest BCUT2D eigenvalue weighted by atomic mass is 19.1. The van der Waals surface area contributed by atoms with Gasteiger partial charge in [-0.25, -0.2) is 23.9 Å². The van der Waals surface area contributed by atoms with Gasteiger partial charge in [-0.05, 0) is 78.4 Å². The maximum absolute atomic E-state index is 15.2. The number of rotatable bonds is 12. The molecule has 15 heteroatoms. The van der Waals surface area contributed by atoms with Gasteiger partial charge in [-0.3, -0.25) is 24.8 Å². The highest BCUT2D eigenvalue weighted by Gasteiger charge is 2.34. The Hall–Kier alpha value is -5.90. The molecule has 60 heavy (non-hydrogen) atoms. The first-order chi connectivity index (χ1) is 29.0. The van der Waals surface area contributed by atoms with Gasteiger partial charge in [0.15, 0.2) is 0 Å². The van der Waals surface area contributed by atoms with Gasteiger partial charge in [0.2, 0.25) is 5.91 Å². The smallest absolute Gasteiger partial charge is 0.328 e. The molecule has 3 saturated heterocycles. The van der Waals surface area contributed by atoms with E-state index in [1.165, 1.54) is 24.0 Å². The van der Waals surface area contributed by atoms with Crippen molar-refractivity contribution in [1.82, 2.24) is 35.0 Å². The number of hydrogen-bond acceptors (Lipinski definition) is 9. The molecule has 0 aliphatic carbocycles. The Labute approximate surface area is 348 Å². The number of β-amino-alcohol motifs (C(OH)–C–C–N with tert-alkyl or cyclic N) is 1. The van der Waals surface area contributed by atoms with Crippen molar-refractivity contribution in [2.24, 2.45) is 11.8 Å². The molecule has 3 fully saturated rings. The molecule has 2 atom stereocenters. The van der Waals surface area contributed by atoms with Crippen LogP contribution in [-0.2, 0) is 11.3 Å². The van der Waals surface area contributed by atoms with E-state index in [1.807, 2.05) is 37.3 Å². The summed E-state index contributed by atoms with van der Waals surface area (Å²) in [5.41, 5.74) is 6.58. The summed E-state index contributed by atoms with van der Waals surface area (Å²) in [6.07, 6.45) is 1.99. The van der Waals surface area contributed by atoms with Crippen LogP contribution in [0.4, 0.5) is 25.4 Å². The van der Waals surface area contributed by atoms with E-state index in [2.05, 4.69) is 73.5 Å². The van der Waals surface area contributed by atoms with Crippen molar-refractivity contribution < 1.29 is 28.6 Å². The molecule has 0 radical (unpaired) electrons. The number of nitrogens with one attached hydrogen (secondary N) is 3. The molecular weight excluding hydrogens is 766 g/mol. The molecule has 2 aromatic heterocycles. The summed E-state index contributed by atoms with van der Waals surface area (Å²) in [6, 6.07) is 19.8. The van der Waals surface area contributed by atoms with Gasteiger partial charge in [-0.2, -0.15) is 0 Å². The number of amides is 5. The van der Waals surface area contributed by atoms with Crippen LogP contribution in [-0.4, -0.2) is 118 Å². The number of aromatic nitrogens is 3. The van der Waals surface area contributed by atoms with Gasteiger partial charge in [0.25, 0.3) is 0 Å². The van der Waals surface area contributed by atoms with Crippen LogP contribution in [0.15, 0.2) is 73.1 Å². The van der Waals surface area contributed by atoms with Crippen LogP contribution in [0.2, 0.25) is 0 Å². The number of fused-ring (bicyclic) bond motifs is 1. The number of aliphatic hydroxyl groups excluding tert-OH is 1. The minimum absolute atomic E-state index is 0.0152. The lowest BCUT2D eigenvalue weighted by atomic mass is 9.95. The number of halogens is 1. The number of urea groups is 2. The Morgan fingerprint density at radius 3 is 2.45 bits per heavy atom. The Kier molecular flexibility index (Phi) is 12.1. The quantitative estimate of drug-likeness (QED) is 0.114. The fourth-order valence-electron chi connectivity index (χ4n) is 8.46. The zero-order valence-electron chi connectivity index (χ0n) is 34.3. The van der Waals surface area contributed by atoms with E-state index < -0.39 is 18.0 Å². The first kappa shape index (κ1) is 40.9. The number of carbonyl (C=O) groups is 3. The van der Waals surface area contributed by atoms with Crippen molar-refractivity contribution >= 4 is 40.4 Å². The van der Waals surface area contributed by atoms with Crippen LogP contribution in [0.3, 0.4) is 0 Å². The summed E-state index contributed by atoms with van der Waals surface area (Å²) >= 11 is 0. The fraction of sp³-hybridized carbons (Fsp3) is 0.400. The van der Waals surface area contributed by atoms with Gasteiger partial charge in [0.1, 0.15) is 30.1 Å². The van der Waals surface area contributed by atoms with E-state index in [0.29, 0.717) is 53.8 Å². The van der Waals surface area contributed by atoms with E-state index in [4.69, 9.17) is 4.74 Å². The topological polar surface area (TPSA) is 159 Å². The molecule has 8 rings (SSSR count). The number of hydrogen-bond donors (Lipinski definition) is 4. The second-order valence-corrected chi connectivity index (χ2v) is 16.5. The lowest BCUT2D eigenvalue weighted by molar-refractivity contribution is -0.120. The van der Waals surface area contributed by atoms with Gasteiger partial charge < -0.3 is 25.0 Å². The SMILES string of the molecule is Cc1c(NC(=O)N2CC(O)C(CC(C)C)C2)cc(F)cc1-c1ncnc2[nH]c(-c3ccc(CN4CCN(CCOc5ccc(N6CCC(=O)NC6=O)cc5)CC4)cc3)cc12. The Morgan fingerprint density at radius 2 is 1.72 bits per heavy atom. The number of likely N-dealkylation sites (tertiary alicyclic amines) is 1. The number of benzene rings is 3. The monoisotopic (exact) mass is 817 g/mol. The molecule has 14 nitrogen and oxygen atoms in total. The largest absolute Gasteiger partial charge is 0.492 e. The number of imide groups is 1. The average Bonchev–Trinajstić information content (AvgIpc) is 3.83. The van der Waals surface area contributed by atoms with Crippen molar-refractivity contribution in [1.29, 1.82) is 0 Å². The predicted octanol–water partition coefficient (Wildman–Crippen LogP) is 6.25. The number of nitrogens with zero attached hydrogens (tertiary/aromatic N) is 6. The predicted molar refractivity (Wildman–Crippen MR) is 228 cm³/mol. The van der Waals surface area contributed by atoms with Crippen molar-refractivity contribution in [3.8, 4) is 28.3 Å². The number of aliphatic hydroxyl groups is 1. The Morgan fingerprint density at radius 1 is 0.967 bits per heavy atom. The summed E-state index contributed by atoms with van der Waals surface area (Å²) in [5, 5.41) is 16.5. The number of anilines is 2. The van der Waals surface area contributed by atoms with Crippen molar-refractivity contribution in [3.05, 3.63) is 90.0 Å². The van der Waals surface area contributed by atoms with Gasteiger partial charge in [0, 0.05) is 99.3 Å². The first-order valence-corrected chi connectivity index (χ1v) is 20.7. The second-order valence-electron chi connectivity index (χ2n) is 16.5. The van der Waals surface area contributed by atoms with Crippen LogP contribution in [0.25, 0.3) is 33.5 Å². The summed E-state index contributed by atoms with van der Waals surface area (Å²) < 4.78 is 21.2. The van der Waals surface area contributed by atoms with Crippen molar-refractivity contribution in [3.63, 3.8) is 0 Å². The molecule has 5 heterocycles. The zero-order chi connectivity index (χ0) is 41.9. The van der Waals surface area contributed by atoms with E-state index in [9.17, 15) is 19.5 Å². The first-order valence-electron chi connectivity index (χ1n) is 20.7. The number of aromatic amines is 1. The average molecular weight is 818 g/mol. The fourth-order valence-corrected chi connectivity index (χ4v) is 8.46. The van der Waals surface area contributed by atoms with Crippen molar-refractivity contribution in [2.45, 2.75) is 46.3 Å². The van der Waals surface area contributed by atoms with Crippen LogP contribution in [0, 0.1) is 24.6 Å². The number of ether oxygens (including phenoxy) is 1. The minimum atomic E-state index is -0.580. The summed E-state index contributed by atoms with van der Waals surface area (Å²) in [4.78, 5) is 57.3. The van der Waals surface area contributed by atoms with E-state index in [0.717, 1.165) is 73.8 Å². The third-order valence-electron chi connectivity index (χ3n) is 11.8. The normalized spacial score (nSPS) is 19.0. The van der Waals surface area contributed by atoms with Crippen LogP contribution in [0.5, 0.6) is 5.75 Å². The number of piperazine rings is 1. The Bertz CT molecular complexity index is 2340. The lowest BCUT2D eigenvalue weighted by Crippen LogP contribution is -2.49. The second kappa shape index (κ2) is 17.8. The molecule has 5 aromatic rings. The van der Waals surface area contributed by atoms with Crippen molar-refractivity contribution in [2.75, 3.05) is 69.2 Å². The molecule has 2 unspecified atom stereocenters. The minimum Gasteiger partial charge on any atom is -0.492 e. The van der Waals surface area contributed by atoms with Crippen LogP contribution < -0.4 is 20.3 Å². The molecule has 3 aromatic carbocycles. The van der Waals surface area contributed by atoms with E-state index in [1.54, 1.807) is 9.80 Å². The van der Waals surface area contributed by atoms with Gasteiger partial charge in [-0.1, -0.05) is 38.1 Å². The third-order valence-corrected chi connectivity index (χ3v) is 11.8. The Balaban J connectivity index is 0.844. The third kappa shape index (κ3) is 9.28. The van der Waals surface area contributed by atoms with Gasteiger partial charge >= 0.3 is 12.1 Å². The molecule has 0 saturated carbocycles. The van der Waals surface area contributed by atoms with Crippen LogP contribution >= 0.6 is 0 Å². The molecule has 5 amide bonds. The summed E-state index contributed by atoms with van der Waals surface area (Å²) in [6.45, 7) is 13.1. The standard InChI is InChI=1S/C45H52FN9O5/c1-28(2)20-32-25-54(26-40(32)56)44(58)50-38-22-33(46)21-36(29(38)3)42-37-23-39(49-43(37)48-27-47-42)31-6-4-30(5-7-31)24-53-16-14-52(15-17-53)18-19-60-35-10-8-34(9-11-35)55-13-12-41(57)51-45(55)59/h4-11,21-23,27-28,32,40,56H,12-20,24-26H2,1-3H3,(H,50,58)(H,47,48,49)(H,51,57,59). The maximum atomic E-state index is 15.2. The molecule has 0 bridgehead atoms. The molecular formula is C45H52FN9O5. The molecule has 4 N–H and O–H groups in total. The van der Waals surface area contributed by atoms with E-state index in [-0.39, 0.29) is 30.8 Å². The van der Waals surface area contributed by atoms with E-state index >= 15 is 4.39 Å². The molecule has 314 valence electrons. The maximum Gasteiger partial charge on any atom is 0.328 e. The summed E-state index contributed by atoms with van der Waals surface area (Å²) in [7, 11) is 0. The van der Waals surface area contributed by atoms with Gasteiger partial charge in [-0.15, -0.1) is 0 Å². The number of carbonyl (C=O) groups excluding carboxylic acids is 3. The highest BCUT2D eigenvalue weighted by molar-refractivity contribution is 6.05.